The predicted molar refractivity (Wildman–Crippen MR) is 36.5 cm³/mol. The monoisotopic (exact) mass is 173 g/mol. The molecule has 6 heteroatoms. The molecular weight excluding hydrogens is 162 g/mol. The van der Waals surface area contributed by atoms with Gasteiger partial charge in [0.1, 0.15) is 0 Å². The zero-order chi connectivity index (χ0) is 6.95. The van der Waals surface area contributed by atoms with Crippen LogP contribution in [0.3, 0.4) is 0 Å². The molecule has 3 N–H and O–H groups in total. The fourth-order valence-corrected chi connectivity index (χ4v) is 0.216. The van der Waals surface area contributed by atoms with E-state index in [1.54, 1.807) is 0 Å². The van der Waals surface area contributed by atoms with E-state index in [4.69, 9.17) is 10.2 Å². The molecule has 10 heavy (non-hydrogen) atoms. The molecule has 0 aromatic carbocycles. The van der Waals surface area contributed by atoms with Crippen LogP contribution in [0.1, 0.15) is 0 Å². The van der Waals surface area contributed by atoms with Crippen molar-refractivity contribution in [3.63, 3.8) is 0 Å². The van der Waals surface area contributed by atoms with Crippen LogP contribution >= 0.6 is 12.4 Å². The van der Waals surface area contributed by atoms with Gasteiger partial charge in [0.05, 0.1) is 26.4 Å². The molecule has 0 heterocycles. The number of hydrogen-bond acceptors (Lipinski definition) is 5. The van der Waals surface area contributed by atoms with E-state index in [0.717, 1.165) is 0 Å². The lowest BCUT2D eigenvalue weighted by atomic mass is 10.8. The van der Waals surface area contributed by atoms with Gasteiger partial charge in [0.25, 0.3) is 0 Å². The molecule has 0 amide bonds. The summed E-state index contributed by atoms with van der Waals surface area (Å²) in [7, 11) is 0. The van der Waals surface area contributed by atoms with Gasteiger partial charge in [-0.2, -0.15) is 0 Å². The molecular formula is C4H12ClNO4. The zero-order valence-electron chi connectivity index (χ0n) is 5.45. The second-order valence-electron chi connectivity index (χ2n) is 1.23. The van der Waals surface area contributed by atoms with E-state index in [0.29, 0.717) is 0 Å². The van der Waals surface area contributed by atoms with Crippen molar-refractivity contribution in [1.82, 2.24) is 5.64 Å². The summed E-state index contributed by atoms with van der Waals surface area (Å²) in [5.41, 5.74) is 2.07. The van der Waals surface area contributed by atoms with Gasteiger partial charge in [-0.05, 0) is 0 Å². The minimum Gasteiger partial charge on any atom is -0.394 e. The number of nitrogens with one attached hydrogen (secondary N) is 1. The SMILES string of the molecule is Cl.OCCONOCCO. The molecule has 0 spiro atoms. The van der Waals surface area contributed by atoms with E-state index in [-0.39, 0.29) is 38.8 Å². The molecule has 0 aliphatic carbocycles. The van der Waals surface area contributed by atoms with E-state index in [1.165, 1.54) is 0 Å². The maximum absolute atomic E-state index is 8.15. The molecule has 0 aliphatic heterocycles. The lowest BCUT2D eigenvalue weighted by Crippen LogP contribution is -2.19. The Kier molecular flexibility index (Phi) is 15.1. The molecule has 0 saturated carbocycles. The van der Waals surface area contributed by atoms with E-state index >= 15 is 0 Å². The molecule has 0 bridgehead atoms. The first-order valence-corrected chi connectivity index (χ1v) is 2.62. The first-order valence-electron chi connectivity index (χ1n) is 2.62. The topological polar surface area (TPSA) is 71.0 Å². The average Bonchev–Trinajstić information content (AvgIpc) is 1.89. The van der Waals surface area contributed by atoms with Crippen molar-refractivity contribution >= 4 is 12.4 Å². The lowest BCUT2D eigenvalue weighted by molar-refractivity contribution is -0.178. The molecule has 0 aromatic rings. The van der Waals surface area contributed by atoms with Crippen LogP contribution in [-0.2, 0) is 9.68 Å². The standard InChI is InChI=1S/C4H11NO4.ClH/c6-1-3-8-5-9-4-2-7;/h5-7H,1-4H2;1H. The van der Waals surface area contributed by atoms with E-state index in [1.807, 2.05) is 0 Å². The summed E-state index contributed by atoms with van der Waals surface area (Å²) in [6.07, 6.45) is 0. The Morgan fingerprint density at radius 2 is 1.40 bits per heavy atom. The first-order chi connectivity index (χ1) is 4.41. The van der Waals surface area contributed by atoms with Crippen LogP contribution in [0.2, 0.25) is 0 Å². The lowest BCUT2D eigenvalue weighted by Gasteiger charge is -2.01. The fourth-order valence-electron chi connectivity index (χ4n) is 0.216. The molecule has 0 unspecified atom stereocenters. The van der Waals surface area contributed by atoms with Gasteiger partial charge < -0.3 is 10.2 Å². The molecule has 0 radical (unpaired) electrons. The molecule has 0 aliphatic rings. The van der Waals surface area contributed by atoms with Gasteiger partial charge in [-0.1, -0.05) is 5.64 Å². The Balaban J connectivity index is 0. The van der Waals surface area contributed by atoms with Crippen LogP contribution in [0.4, 0.5) is 0 Å². The van der Waals surface area contributed by atoms with Gasteiger partial charge >= 0.3 is 0 Å². The van der Waals surface area contributed by atoms with Crippen molar-refractivity contribution in [2.45, 2.75) is 0 Å². The zero-order valence-corrected chi connectivity index (χ0v) is 6.26. The number of aliphatic hydroxyl groups is 2. The second-order valence-corrected chi connectivity index (χ2v) is 1.23. The van der Waals surface area contributed by atoms with Crippen LogP contribution in [0, 0.1) is 0 Å². The van der Waals surface area contributed by atoms with Crippen molar-refractivity contribution in [3.8, 4) is 0 Å². The summed E-state index contributed by atoms with van der Waals surface area (Å²) >= 11 is 0. The number of aliphatic hydroxyl groups excluding tert-OH is 2. The summed E-state index contributed by atoms with van der Waals surface area (Å²) in [4.78, 5) is 8.90. The van der Waals surface area contributed by atoms with Crippen molar-refractivity contribution in [2.24, 2.45) is 0 Å². The maximum atomic E-state index is 8.15. The summed E-state index contributed by atoms with van der Waals surface area (Å²) in [5.74, 6) is 0. The third-order valence-corrected chi connectivity index (χ3v) is 0.505. The van der Waals surface area contributed by atoms with Crippen molar-refractivity contribution < 1.29 is 19.9 Å². The van der Waals surface area contributed by atoms with Crippen LogP contribution in [-0.4, -0.2) is 36.6 Å². The quantitative estimate of drug-likeness (QED) is 0.349. The number of halogens is 1. The fraction of sp³-hybridized carbons (Fsp3) is 1.00. The van der Waals surface area contributed by atoms with Crippen LogP contribution < -0.4 is 5.64 Å². The molecule has 5 nitrogen and oxygen atoms in total. The van der Waals surface area contributed by atoms with E-state index in [9.17, 15) is 0 Å². The minimum atomic E-state index is -0.0600. The van der Waals surface area contributed by atoms with Crippen LogP contribution in [0.15, 0.2) is 0 Å². The van der Waals surface area contributed by atoms with Crippen LogP contribution in [0.5, 0.6) is 0 Å². The normalized spacial score (nSPS) is 9.00. The van der Waals surface area contributed by atoms with Gasteiger partial charge in [0.15, 0.2) is 0 Å². The summed E-state index contributed by atoms with van der Waals surface area (Å²) in [6.45, 7) is 0.224. The van der Waals surface area contributed by atoms with Crippen molar-refractivity contribution in [2.75, 3.05) is 26.4 Å². The highest BCUT2D eigenvalue weighted by Gasteiger charge is 1.83. The Bertz CT molecular complexity index is 50.5. The summed E-state index contributed by atoms with van der Waals surface area (Å²) < 4.78 is 0. The third kappa shape index (κ3) is 11.0. The third-order valence-electron chi connectivity index (χ3n) is 0.505. The van der Waals surface area contributed by atoms with E-state index in [2.05, 4.69) is 15.3 Å². The number of rotatable bonds is 6. The van der Waals surface area contributed by atoms with Gasteiger partial charge in [-0.3, -0.25) is 9.68 Å². The van der Waals surface area contributed by atoms with Gasteiger partial charge in [-0.15, -0.1) is 12.4 Å². The molecule has 0 fully saturated rings. The Morgan fingerprint density at radius 3 is 1.70 bits per heavy atom. The largest absolute Gasteiger partial charge is 0.394 e. The smallest absolute Gasteiger partial charge is 0.0940 e. The molecule has 0 atom stereocenters. The summed E-state index contributed by atoms with van der Waals surface area (Å²) in [5, 5.41) is 16.3. The molecule has 0 aromatic heterocycles. The van der Waals surface area contributed by atoms with Crippen molar-refractivity contribution in [3.05, 3.63) is 0 Å². The van der Waals surface area contributed by atoms with Crippen molar-refractivity contribution in [1.29, 1.82) is 0 Å². The summed E-state index contributed by atoms with van der Waals surface area (Å²) in [6, 6.07) is 0. The predicted octanol–water partition coefficient (Wildman–Crippen LogP) is -1.15. The van der Waals surface area contributed by atoms with Gasteiger partial charge in [-0.25, -0.2) is 0 Å². The average molecular weight is 174 g/mol. The second kappa shape index (κ2) is 11.8. The minimum absolute atomic E-state index is 0. The molecule has 0 saturated heterocycles. The van der Waals surface area contributed by atoms with Crippen LogP contribution in [0.25, 0.3) is 0 Å². The maximum Gasteiger partial charge on any atom is 0.0940 e. The van der Waals surface area contributed by atoms with E-state index < -0.39 is 0 Å². The highest BCUT2D eigenvalue weighted by Crippen LogP contribution is 1.67. The molecule has 64 valence electrons. The first kappa shape index (κ1) is 12.7. The molecule has 0 rings (SSSR count). The Hall–Kier alpha value is 0.0900. The highest BCUT2D eigenvalue weighted by molar-refractivity contribution is 5.85. The highest BCUT2D eigenvalue weighted by atomic mass is 35.5. The van der Waals surface area contributed by atoms with Gasteiger partial charge in [0.2, 0.25) is 0 Å². The van der Waals surface area contributed by atoms with Gasteiger partial charge in [0, 0.05) is 0 Å². The number of hydrogen-bond donors (Lipinski definition) is 3. The Morgan fingerprint density at radius 1 is 1.00 bits per heavy atom. The Labute approximate surface area is 65.3 Å².